The Morgan fingerprint density at radius 1 is 1.26 bits per heavy atom. The average Bonchev–Trinajstić information content (AvgIpc) is 2.45. The van der Waals surface area contributed by atoms with E-state index >= 15 is 0 Å². The Morgan fingerprint density at radius 2 is 1.95 bits per heavy atom. The highest BCUT2D eigenvalue weighted by Crippen LogP contribution is 2.37. The summed E-state index contributed by atoms with van der Waals surface area (Å²) in [4.78, 5) is 0. The molecule has 1 saturated heterocycles. The summed E-state index contributed by atoms with van der Waals surface area (Å²) in [6.07, 6.45) is -0.114. The summed E-state index contributed by atoms with van der Waals surface area (Å²) in [5, 5.41) is 0. The number of benzene rings is 1. The highest BCUT2D eigenvalue weighted by atomic mass is 19.3. The predicted octanol–water partition coefficient (Wildman–Crippen LogP) is 3.86. The summed E-state index contributed by atoms with van der Waals surface area (Å²) < 4.78 is 37.2. The van der Waals surface area contributed by atoms with Crippen molar-refractivity contribution < 1.29 is 18.3 Å². The second-order valence-electron chi connectivity index (χ2n) is 4.97. The Morgan fingerprint density at radius 3 is 2.58 bits per heavy atom. The van der Waals surface area contributed by atoms with Gasteiger partial charge in [0.15, 0.2) is 0 Å². The van der Waals surface area contributed by atoms with Crippen molar-refractivity contribution in [1.82, 2.24) is 0 Å². The van der Waals surface area contributed by atoms with E-state index in [2.05, 4.69) is 0 Å². The lowest BCUT2D eigenvalue weighted by Crippen LogP contribution is -2.21. The van der Waals surface area contributed by atoms with Gasteiger partial charge in [0, 0.05) is 24.7 Å². The monoisotopic (exact) mass is 270 g/mol. The largest absolute Gasteiger partial charge is 0.496 e. The van der Waals surface area contributed by atoms with Crippen LogP contribution in [0.15, 0.2) is 24.3 Å². The van der Waals surface area contributed by atoms with E-state index in [0.29, 0.717) is 36.9 Å². The van der Waals surface area contributed by atoms with Crippen molar-refractivity contribution in [1.29, 1.82) is 0 Å². The number of methoxy groups -OCH3 is 1. The molecule has 2 rings (SSSR count). The molecular formula is C15H20F2O2. The minimum absolute atomic E-state index is 0.317. The topological polar surface area (TPSA) is 18.5 Å². The zero-order valence-electron chi connectivity index (χ0n) is 11.1. The molecule has 19 heavy (non-hydrogen) atoms. The van der Waals surface area contributed by atoms with Crippen molar-refractivity contribution in [2.45, 2.75) is 31.6 Å². The summed E-state index contributed by atoms with van der Waals surface area (Å²) in [6, 6.07) is 7.08. The average molecular weight is 270 g/mol. The molecule has 1 aromatic rings. The first kappa shape index (κ1) is 14.3. The van der Waals surface area contributed by atoms with E-state index in [0.717, 1.165) is 12.8 Å². The minimum Gasteiger partial charge on any atom is -0.496 e. The number of para-hydroxylation sites is 1. The quantitative estimate of drug-likeness (QED) is 0.809. The standard InChI is InChI=1S/C15H20F2O2/c1-18-14-5-3-2-4-12(14)13(15(16)17)10-11-6-8-19-9-7-11/h2-5,11,13,15H,6-10H2,1H3. The highest BCUT2D eigenvalue weighted by Gasteiger charge is 2.29. The molecule has 1 aliphatic rings. The summed E-state index contributed by atoms with van der Waals surface area (Å²) in [5.74, 6) is 0.122. The van der Waals surface area contributed by atoms with Crippen LogP contribution in [0.5, 0.6) is 5.75 Å². The van der Waals surface area contributed by atoms with Gasteiger partial charge in [0.25, 0.3) is 0 Å². The van der Waals surface area contributed by atoms with E-state index in [1.54, 1.807) is 24.3 Å². The van der Waals surface area contributed by atoms with Gasteiger partial charge in [-0.15, -0.1) is 0 Å². The van der Waals surface area contributed by atoms with Crippen LogP contribution in [0.25, 0.3) is 0 Å². The fraction of sp³-hybridized carbons (Fsp3) is 0.600. The molecule has 0 amide bonds. The lowest BCUT2D eigenvalue weighted by Gasteiger charge is -2.27. The molecule has 1 unspecified atom stereocenters. The first-order chi connectivity index (χ1) is 9.22. The Balaban J connectivity index is 2.14. The summed E-state index contributed by atoms with van der Waals surface area (Å²) in [7, 11) is 1.52. The van der Waals surface area contributed by atoms with Gasteiger partial charge in [-0.1, -0.05) is 18.2 Å². The van der Waals surface area contributed by atoms with E-state index in [1.807, 2.05) is 0 Å². The van der Waals surface area contributed by atoms with E-state index in [9.17, 15) is 8.78 Å². The highest BCUT2D eigenvalue weighted by molar-refractivity contribution is 5.36. The van der Waals surface area contributed by atoms with Crippen LogP contribution in [0, 0.1) is 5.92 Å². The molecule has 1 aromatic carbocycles. The number of alkyl halides is 2. The predicted molar refractivity (Wildman–Crippen MR) is 69.9 cm³/mol. The van der Waals surface area contributed by atoms with Crippen LogP contribution in [-0.2, 0) is 4.74 Å². The summed E-state index contributed by atoms with van der Waals surface area (Å²) >= 11 is 0. The van der Waals surface area contributed by atoms with Gasteiger partial charge >= 0.3 is 0 Å². The lowest BCUT2D eigenvalue weighted by atomic mass is 9.85. The molecule has 0 aromatic heterocycles. The number of halogens is 2. The van der Waals surface area contributed by atoms with Gasteiger partial charge in [-0.25, -0.2) is 8.78 Å². The fourth-order valence-corrected chi connectivity index (χ4v) is 2.68. The van der Waals surface area contributed by atoms with E-state index in [1.165, 1.54) is 7.11 Å². The molecule has 0 bridgehead atoms. The maximum absolute atomic E-state index is 13.4. The second-order valence-corrected chi connectivity index (χ2v) is 4.97. The van der Waals surface area contributed by atoms with E-state index in [4.69, 9.17) is 9.47 Å². The van der Waals surface area contributed by atoms with Crippen LogP contribution in [0.4, 0.5) is 8.78 Å². The molecule has 1 fully saturated rings. The Bertz CT molecular complexity index is 389. The van der Waals surface area contributed by atoms with Crippen LogP contribution < -0.4 is 4.74 Å². The molecule has 0 saturated carbocycles. The first-order valence-corrected chi connectivity index (χ1v) is 6.71. The minimum atomic E-state index is -2.36. The molecule has 1 heterocycles. The van der Waals surface area contributed by atoms with Crippen molar-refractivity contribution >= 4 is 0 Å². The van der Waals surface area contributed by atoms with Gasteiger partial charge in [-0.3, -0.25) is 0 Å². The van der Waals surface area contributed by atoms with Crippen molar-refractivity contribution in [3.05, 3.63) is 29.8 Å². The molecule has 106 valence electrons. The van der Waals surface area contributed by atoms with Gasteiger partial charge in [0.2, 0.25) is 6.43 Å². The van der Waals surface area contributed by atoms with Crippen LogP contribution in [0.1, 0.15) is 30.7 Å². The second kappa shape index (κ2) is 6.85. The van der Waals surface area contributed by atoms with Crippen LogP contribution in [0.2, 0.25) is 0 Å². The zero-order valence-corrected chi connectivity index (χ0v) is 11.1. The van der Waals surface area contributed by atoms with Crippen molar-refractivity contribution in [2.24, 2.45) is 5.92 Å². The molecule has 4 heteroatoms. The van der Waals surface area contributed by atoms with Gasteiger partial charge in [-0.05, 0) is 31.2 Å². The molecule has 0 aliphatic carbocycles. The molecule has 1 aliphatic heterocycles. The Kier molecular flexibility index (Phi) is 5.14. The SMILES string of the molecule is COc1ccccc1C(CC1CCOCC1)C(F)F. The van der Waals surface area contributed by atoms with Crippen molar-refractivity contribution in [3.8, 4) is 5.75 Å². The van der Waals surface area contributed by atoms with Gasteiger partial charge in [0.1, 0.15) is 5.75 Å². The number of hydrogen-bond donors (Lipinski definition) is 0. The van der Waals surface area contributed by atoms with Crippen LogP contribution >= 0.6 is 0 Å². The number of ether oxygens (including phenoxy) is 2. The molecule has 2 nitrogen and oxygen atoms in total. The first-order valence-electron chi connectivity index (χ1n) is 6.71. The molecule has 0 spiro atoms. The zero-order chi connectivity index (χ0) is 13.7. The van der Waals surface area contributed by atoms with Crippen molar-refractivity contribution in [2.75, 3.05) is 20.3 Å². The maximum atomic E-state index is 13.4. The van der Waals surface area contributed by atoms with Crippen LogP contribution in [-0.4, -0.2) is 26.7 Å². The van der Waals surface area contributed by atoms with Gasteiger partial charge < -0.3 is 9.47 Å². The maximum Gasteiger partial charge on any atom is 0.245 e. The normalized spacial score (nSPS) is 18.5. The molecule has 0 N–H and O–H groups in total. The molecular weight excluding hydrogens is 250 g/mol. The lowest BCUT2D eigenvalue weighted by molar-refractivity contribution is 0.0451. The summed E-state index contributed by atoms with van der Waals surface area (Å²) in [5.41, 5.74) is 0.617. The van der Waals surface area contributed by atoms with E-state index in [-0.39, 0.29) is 0 Å². The smallest absolute Gasteiger partial charge is 0.245 e. The fourth-order valence-electron chi connectivity index (χ4n) is 2.68. The molecule has 0 radical (unpaired) electrons. The molecule has 1 atom stereocenters. The van der Waals surface area contributed by atoms with Gasteiger partial charge in [-0.2, -0.15) is 0 Å². The van der Waals surface area contributed by atoms with Crippen molar-refractivity contribution in [3.63, 3.8) is 0 Å². The third-order valence-corrected chi connectivity index (χ3v) is 3.77. The third-order valence-electron chi connectivity index (χ3n) is 3.77. The Hall–Kier alpha value is -1.16. The van der Waals surface area contributed by atoms with Crippen LogP contribution in [0.3, 0.4) is 0 Å². The third kappa shape index (κ3) is 3.66. The number of hydrogen-bond acceptors (Lipinski definition) is 2. The summed E-state index contributed by atoms with van der Waals surface area (Å²) in [6.45, 7) is 1.37. The number of rotatable bonds is 5. The Labute approximate surface area is 112 Å². The van der Waals surface area contributed by atoms with Gasteiger partial charge in [0.05, 0.1) is 7.11 Å². The van der Waals surface area contributed by atoms with E-state index < -0.39 is 12.3 Å².